The summed E-state index contributed by atoms with van der Waals surface area (Å²) < 4.78 is 0. The van der Waals surface area contributed by atoms with Crippen molar-refractivity contribution in [2.75, 3.05) is 18.4 Å². The van der Waals surface area contributed by atoms with E-state index >= 15 is 0 Å². The molecule has 2 heterocycles. The average molecular weight is 686 g/mol. The molecule has 258 valence electrons. The first-order chi connectivity index (χ1) is 23.3. The number of aryl methyl sites for hydroxylation is 1. The minimum atomic E-state index is -0.779. The minimum absolute atomic E-state index is 0. The van der Waals surface area contributed by atoms with E-state index in [2.05, 4.69) is 31.5 Å². The average Bonchev–Trinajstić information content (AvgIpc) is 3.57. The molecule has 12 heteroatoms. The van der Waals surface area contributed by atoms with Crippen LogP contribution < -0.4 is 27.0 Å². The zero-order valence-corrected chi connectivity index (χ0v) is 28.4. The van der Waals surface area contributed by atoms with E-state index < -0.39 is 12.1 Å². The monoisotopic (exact) mass is 685 g/mol. The van der Waals surface area contributed by atoms with Gasteiger partial charge in [0.15, 0.2) is 0 Å². The highest BCUT2D eigenvalue weighted by Crippen LogP contribution is 2.29. The molecule has 11 nitrogen and oxygen atoms in total. The van der Waals surface area contributed by atoms with Gasteiger partial charge in [0.25, 0.3) is 5.91 Å². The molecular formula is C37H44ClN7O4. The molecule has 7 N–H and O–H groups in total. The van der Waals surface area contributed by atoms with Crippen molar-refractivity contribution in [1.29, 1.82) is 0 Å². The van der Waals surface area contributed by atoms with E-state index in [1.807, 2.05) is 61.5 Å². The van der Waals surface area contributed by atoms with Crippen LogP contribution in [0.3, 0.4) is 0 Å². The third-order valence-corrected chi connectivity index (χ3v) is 9.68. The molecule has 2 fully saturated rings. The predicted octanol–water partition coefficient (Wildman–Crippen LogP) is 4.40. The van der Waals surface area contributed by atoms with Crippen LogP contribution in [0.25, 0.3) is 22.0 Å². The number of rotatable bonds is 10. The lowest BCUT2D eigenvalue weighted by molar-refractivity contribution is -0.130. The lowest BCUT2D eigenvalue weighted by atomic mass is 9.81. The summed E-state index contributed by atoms with van der Waals surface area (Å²) in [6, 6.07) is 17.6. The van der Waals surface area contributed by atoms with Crippen LogP contribution in [0.4, 0.5) is 5.69 Å². The van der Waals surface area contributed by atoms with E-state index in [9.17, 15) is 19.2 Å². The minimum Gasteiger partial charge on any atom is -0.354 e. The first kappa shape index (κ1) is 35.6. The number of hydrogen-bond acceptors (Lipinski definition) is 6. The molecule has 1 aliphatic carbocycles. The number of aromatic nitrogens is 2. The lowest BCUT2D eigenvalue weighted by Crippen LogP contribution is -2.50. The Kier molecular flexibility index (Phi) is 11.7. The molecule has 6 rings (SSSR count). The molecular weight excluding hydrogens is 642 g/mol. The fraction of sp³-hybridized carbons (Fsp3) is 0.378. The Morgan fingerprint density at radius 1 is 0.980 bits per heavy atom. The van der Waals surface area contributed by atoms with E-state index in [4.69, 9.17) is 5.73 Å². The van der Waals surface area contributed by atoms with Gasteiger partial charge in [0, 0.05) is 35.5 Å². The summed E-state index contributed by atoms with van der Waals surface area (Å²) in [5.41, 5.74) is 11.5. The fourth-order valence-corrected chi connectivity index (χ4v) is 6.74. The van der Waals surface area contributed by atoms with Gasteiger partial charge < -0.3 is 27.0 Å². The number of hydrogen-bond donors (Lipinski definition) is 6. The number of fused-ring (bicyclic) bond motifs is 1. The molecule has 2 atom stereocenters. The second kappa shape index (κ2) is 16.1. The van der Waals surface area contributed by atoms with E-state index in [0.29, 0.717) is 43.1 Å². The first-order valence-electron chi connectivity index (χ1n) is 16.8. The highest BCUT2D eigenvalue weighted by molar-refractivity contribution is 5.99. The van der Waals surface area contributed by atoms with Gasteiger partial charge in [-0.15, -0.1) is 12.4 Å². The molecule has 4 aromatic rings. The van der Waals surface area contributed by atoms with Crippen LogP contribution in [0.5, 0.6) is 0 Å². The lowest BCUT2D eigenvalue weighted by Gasteiger charge is -2.28. The molecule has 0 radical (unpaired) electrons. The number of aromatic amines is 1. The van der Waals surface area contributed by atoms with Crippen LogP contribution in [-0.2, 0) is 20.8 Å². The van der Waals surface area contributed by atoms with Gasteiger partial charge in [-0.1, -0.05) is 30.3 Å². The zero-order chi connectivity index (χ0) is 33.6. The van der Waals surface area contributed by atoms with Crippen LogP contribution in [0.1, 0.15) is 60.0 Å². The predicted molar refractivity (Wildman–Crippen MR) is 192 cm³/mol. The highest BCUT2D eigenvalue weighted by atomic mass is 35.5. The van der Waals surface area contributed by atoms with Gasteiger partial charge in [-0.2, -0.15) is 5.10 Å². The molecule has 0 spiro atoms. The number of piperidine rings is 1. The summed E-state index contributed by atoms with van der Waals surface area (Å²) in [7, 11) is 0. The third-order valence-electron chi connectivity index (χ3n) is 9.68. The Morgan fingerprint density at radius 2 is 1.76 bits per heavy atom. The number of nitrogens with zero attached hydrogens (tertiary/aromatic N) is 1. The van der Waals surface area contributed by atoms with Crippen LogP contribution in [0.15, 0.2) is 66.9 Å². The van der Waals surface area contributed by atoms with Gasteiger partial charge in [-0.25, -0.2) is 0 Å². The maximum Gasteiger partial charge on any atom is 0.251 e. The standard InChI is InChI=1S/C37H43N7O4.ClH/c1-22-17-27(35(46)42-31-3-2-16-39-36(31)47)13-15-30(22)25-8-4-23(5-9-25)18-33(43-34(45)26-10-6-24(20-38)7-11-26)37(48)41-29-14-12-28-21-40-44-32(28)19-29;/h4-5,8-9,12-15,17,19,21,24,26,31,33H,2-3,6-7,10-11,16,18,20,38H2,1H3,(H,39,47)(H,40,44)(H,41,48)(H,42,46)(H,43,45);1H/t24?,26?,31?,33-;/m0./s1. The van der Waals surface area contributed by atoms with Crippen LogP contribution >= 0.6 is 12.4 Å². The first-order valence-corrected chi connectivity index (χ1v) is 16.8. The van der Waals surface area contributed by atoms with Crippen LogP contribution in [0.2, 0.25) is 0 Å². The topological polar surface area (TPSA) is 171 Å². The second-order valence-electron chi connectivity index (χ2n) is 13.1. The molecule has 1 saturated carbocycles. The SMILES string of the molecule is Cc1cc(C(=O)NC2CCCNC2=O)ccc1-c1ccc(C[C@H](NC(=O)C2CCC(CN)CC2)C(=O)Nc2ccc3cn[nH]c3c2)cc1.Cl. The van der Waals surface area contributed by atoms with Crippen molar-refractivity contribution in [3.05, 3.63) is 83.6 Å². The van der Waals surface area contributed by atoms with Crippen molar-refractivity contribution < 1.29 is 19.2 Å². The Hall–Kier alpha value is -4.74. The van der Waals surface area contributed by atoms with E-state index in [1.54, 1.807) is 12.3 Å². The van der Waals surface area contributed by atoms with Crippen molar-refractivity contribution >= 4 is 52.6 Å². The zero-order valence-electron chi connectivity index (χ0n) is 27.6. The number of nitrogens with one attached hydrogen (secondary N) is 5. The molecule has 0 bridgehead atoms. The molecule has 1 aliphatic heterocycles. The molecule has 2 aliphatic rings. The number of H-pyrrole nitrogens is 1. The number of carbonyl (C=O) groups excluding carboxylic acids is 4. The van der Waals surface area contributed by atoms with Crippen LogP contribution in [-0.4, -0.2) is 59.0 Å². The Bertz CT molecular complexity index is 1800. The summed E-state index contributed by atoms with van der Waals surface area (Å²) in [5, 5.41) is 19.6. The summed E-state index contributed by atoms with van der Waals surface area (Å²) in [6.45, 7) is 3.22. The van der Waals surface area contributed by atoms with Crippen molar-refractivity contribution in [3.63, 3.8) is 0 Å². The smallest absolute Gasteiger partial charge is 0.251 e. The number of halogens is 1. The Morgan fingerprint density at radius 3 is 2.47 bits per heavy atom. The molecule has 3 aromatic carbocycles. The molecule has 1 unspecified atom stereocenters. The summed E-state index contributed by atoms with van der Waals surface area (Å²) in [5.74, 6) is -0.504. The molecule has 1 saturated heterocycles. The van der Waals surface area contributed by atoms with Crippen molar-refractivity contribution in [2.45, 2.75) is 64.0 Å². The number of anilines is 1. The Balaban J connectivity index is 0.00000468. The number of carbonyl (C=O) groups is 4. The Labute approximate surface area is 292 Å². The van der Waals surface area contributed by atoms with E-state index in [-0.39, 0.29) is 42.0 Å². The van der Waals surface area contributed by atoms with Gasteiger partial charge in [0.05, 0.1) is 11.7 Å². The van der Waals surface area contributed by atoms with Crippen molar-refractivity contribution in [1.82, 2.24) is 26.1 Å². The quantitative estimate of drug-likeness (QED) is 0.145. The largest absolute Gasteiger partial charge is 0.354 e. The summed E-state index contributed by atoms with van der Waals surface area (Å²) >= 11 is 0. The van der Waals surface area contributed by atoms with Gasteiger partial charge in [0.1, 0.15) is 12.1 Å². The van der Waals surface area contributed by atoms with Crippen LogP contribution in [0, 0.1) is 18.8 Å². The maximum atomic E-state index is 13.6. The van der Waals surface area contributed by atoms with Gasteiger partial charge >= 0.3 is 0 Å². The second-order valence-corrected chi connectivity index (χ2v) is 13.1. The summed E-state index contributed by atoms with van der Waals surface area (Å²) in [6.07, 6.45) is 6.87. The van der Waals surface area contributed by atoms with E-state index in [0.717, 1.165) is 65.3 Å². The highest BCUT2D eigenvalue weighted by Gasteiger charge is 2.30. The summed E-state index contributed by atoms with van der Waals surface area (Å²) in [4.78, 5) is 52.0. The molecule has 49 heavy (non-hydrogen) atoms. The van der Waals surface area contributed by atoms with Gasteiger partial charge in [0.2, 0.25) is 17.7 Å². The maximum absolute atomic E-state index is 13.6. The number of amides is 4. The number of nitrogens with two attached hydrogens (primary N) is 1. The normalized spacial score (nSPS) is 19.6. The van der Waals surface area contributed by atoms with Crippen molar-refractivity contribution in [3.8, 4) is 11.1 Å². The third kappa shape index (κ3) is 8.65. The molecule has 1 aromatic heterocycles. The van der Waals surface area contributed by atoms with Crippen molar-refractivity contribution in [2.24, 2.45) is 17.6 Å². The van der Waals surface area contributed by atoms with Gasteiger partial charge in [-0.3, -0.25) is 24.3 Å². The fourth-order valence-electron chi connectivity index (χ4n) is 6.74. The van der Waals surface area contributed by atoms with Gasteiger partial charge in [-0.05, 0) is 110 Å². The van der Waals surface area contributed by atoms with E-state index in [1.165, 1.54) is 0 Å². The number of benzene rings is 3. The molecule has 4 amide bonds.